The van der Waals surface area contributed by atoms with E-state index in [2.05, 4.69) is 95.6 Å². The molecular weight excluding hydrogens is 464 g/mol. The van der Waals surface area contributed by atoms with Gasteiger partial charge in [0.15, 0.2) is 0 Å². The van der Waals surface area contributed by atoms with Gasteiger partial charge >= 0.3 is 0 Å². The van der Waals surface area contributed by atoms with Gasteiger partial charge in [-0.25, -0.2) is 0 Å². The van der Waals surface area contributed by atoms with E-state index in [0.29, 0.717) is 0 Å². The summed E-state index contributed by atoms with van der Waals surface area (Å²) < 4.78 is 0. The Hall–Kier alpha value is -5.22. The molecule has 6 N–H and O–H groups in total. The number of rotatable bonds is 6. The molecule has 0 radical (unpaired) electrons. The van der Waals surface area contributed by atoms with E-state index in [1.165, 1.54) is 27.5 Å². The zero-order valence-electron chi connectivity index (χ0n) is 20.9. The lowest BCUT2D eigenvalue weighted by atomic mass is 9.89. The molecule has 6 aromatic rings. The maximum absolute atomic E-state index is 5.82. The Balaban J connectivity index is 1.34. The van der Waals surface area contributed by atoms with Crippen LogP contribution in [0.3, 0.4) is 0 Å². The third kappa shape index (κ3) is 4.88. The Morgan fingerprint density at radius 1 is 0.395 bits per heavy atom. The monoisotopic (exact) mass is 492 g/mol. The molecule has 0 saturated heterocycles. The van der Waals surface area contributed by atoms with Crippen molar-refractivity contribution >= 4 is 44.9 Å². The lowest BCUT2D eigenvalue weighted by Gasteiger charge is -2.16. The van der Waals surface area contributed by atoms with Gasteiger partial charge in [-0.2, -0.15) is 0 Å². The summed E-state index contributed by atoms with van der Waals surface area (Å²) in [5.41, 5.74) is 22.0. The van der Waals surface area contributed by atoms with Crippen molar-refractivity contribution in [3.63, 3.8) is 0 Å². The highest BCUT2D eigenvalue weighted by Gasteiger charge is 2.12. The fraction of sp³-hybridized carbons (Fsp3) is 0. The minimum absolute atomic E-state index is 0.753. The molecule has 0 saturated carbocycles. The molecule has 38 heavy (non-hydrogen) atoms. The summed E-state index contributed by atoms with van der Waals surface area (Å²) >= 11 is 0. The number of anilines is 6. The molecule has 0 unspecified atom stereocenters. The maximum Gasteiger partial charge on any atom is 0.0385 e. The summed E-state index contributed by atoms with van der Waals surface area (Å²) in [6.45, 7) is 0. The SMILES string of the molecule is Nc1ccc(Nc2ccc(-c3ccc4ccccc4c3-c3ccc(Nc4ccc(N)cc4)cc3)cc2)cc1. The van der Waals surface area contributed by atoms with Gasteiger partial charge in [-0.15, -0.1) is 0 Å². The molecule has 0 aliphatic heterocycles. The van der Waals surface area contributed by atoms with E-state index in [1.807, 2.05) is 48.5 Å². The van der Waals surface area contributed by atoms with Crippen LogP contribution in [-0.4, -0.2) is 0 Å². The Kier molecular flexibility index (Phi) is 6.12. The lowest BCUT2D eigenvalue weighted by molar-refractivity contribution is 1.53. The number of hydrogen-bond acceptors (Lipinski definition) is 4. The first kappa shape index (κ1) is 23.2. The third-order valence-corrected chi connectivity index (χ3v) is 6.70. The highest BCUT2D eigenvalue weighted by Crippen LogP contribution is 2.39. The molecule has 6 aromatic carbocycles. The van der Waals surface area contributed by atoms with Crippen molar-refractivity contribution in [1.29, 1.82) is 0 Å². The summed E-state index contributed by atoms with van der Waals surface area (Å²) in [4.78, 5) is 0. The zero-order valence-corrected chi connectivity index (χ0v) is 20.9. The van der Waals surface area contributed by atoms with Gasteiger partial charge in [0.25, 0.3) is 0 Å². The predicted molar refractivity (Wildman–Crippen MR) is 163 cm³/mol. The van der Waals surface area contributed by atoms with Gasteiger partial charge in [0.1, 0.15) is 0 Å². The molecule has 0 heterocycles. The summed E-state index contributed by atoms with van der Waals surface area (Å²) in [5.74, 6) is 0. The van der Waals surface area contributed by atoms with Crippen molar-refractivity contribution in [3.05, 3.63) is 133 Å². The highest BCUT2D eigenvalue weighted by molar-refractivity contribution is 6.04. The largest absolute Gasteiger partial charge is 0.399 e. The van der Waals surface area contributed by atoms with Crippen molar-refractivity contribution in [2.75, 3.05) is 22.1 Å². The number of nitrogens with one attached hydrogen (secondary N) is 2. The van der Waals surface area contributed by atoms with Crippen LogP contribution in [0.1, 0.15) is 0 Å². The first-order chi connectivity index (χ1) is 18.6. The topological polar surface area (TPSA) is 76.1 Å². The van der Waals surface area contributed by atoms with Gasteiger partial charge in [-0.1, -0.05) is 60.7 Å². The Bertz CT molecular complexity index is 1690. The molecule has 0 aromatic heterocycles. The molecule has 6 rings (SSSR count). The molecule has 0 spiro atoms. The van der Waals surface area contributed by atoms with Gasteiger partial charge in [-0.3, -0.25) is 0 Å². The van der Waals surface area contributed by atoms with E-state index in [9.17, 15) is 0 Å². The van der Waals surface area contributed by atoms with Crippen molar-refractivity contribution in [3.8, 4) is 22.3 Å². The first-order valence-corrected chi connectivity index (χ1v) is 12.6. The average molecular weight is 493 g/mol. The standard InChI is InChI=1S/C34H28N4/c35-26-10-18-30(19-11-26)37-28-14-5-24(6-15-28)33-22-9-23-3-1-2-4-32(23)34(33)25-7-16-29(17-8-25)38-31-20-12-27(36)13-21-31/h1-22,37-38H,35-36H2. The number of benzene rings is 6. The normalized spacial score (nSPS) is 10.8. The zero-order chi connectivity index (χ0) is 25.9. The summed E-state index contributed by atoms with van der Waals surface area (Å²) in [6, 6.07) is 45.7. The van der Waals surface area contributed by atoms with Crippen LogP contribution in [-0.2, 0) is 0 Å². The van der Waals surface area contributed by atoms with Gasteiger partial charge < -0.3 is 22.1 Å². The molecule has 184 valence electrons. The lowest BCUT2D eigenvalue weighted by Crippen LogP contribution is -1.93. The van der Waals surface area contributed by atoms with Crippen LogP contribution < -0.4 is 22.1 Å². The van der Waals surface area contributed by atoms with Crippen LogP contribution in [0.25, 0.3) is 33.0 Å². The van der Waals surface area contributed by atoms with Crippen LogP contribution in [0.15, 0.2) is 133 Å². The van der Waals surface area contributed by atoms with Crippen LogP contribution in [0.2, 0.25) is 0 Å². The molecule has 0 bridgehead atoms. The second kappa shape index (κ2) is 10.0. The van der Waals surface area contributed by atoms with Gasteiger partial charge in [0.2, 0.25) is 0 Å². The summed E-state index contributed by atoms with van der Waals surface area (Å²) in [6.07, 6.45) is 0. The van der Waals surface area contributed by atoms with Gasteiger partial charge in [0.05, 0.1) is 0 Å². The number of nitrogens with two attached hydrogens (primary N) is 2. The molecule has 4 heteroatoms. The van der Waals surface area contributed by atoms with E-state index in [1.54, 1.807) is 0 Å². The fourth-order valence-corrected chi connectivity index (χ4v) is 4.74. The molecule has 0 aliphatic carbocycles. The molecule has 0 aliphatic rings. The van der Waals surface area contributed by atoms with E-state index in [0.717, 1.165) is 39.7 Å². The van der Waals surface area contributed by atoms with E-state index < -0.39 is 0 Å². The average Bonchev–Trinajstić information content (AvgIpc) is 2.96. The van der Waals surface area contributed by atoms with Crippen molar-refractivity contribution in [2.45, 2.75) is 0 Å². The van der Waals surface area contributed by atoms with E-state index in [4.69, 9.17) is 11.5 Å². The molecule has 0 atom stereocenters. The van der Waals surface area contributed by atoms with Crippen molar-refractivity contribution in [2.24, 2.45) is 0 Å². The van der Waals surface area contributed by atoms with Gasteiger partial charge in [0, 0.05) is 34.1 Å². The van der Waals surface area contributed by atoms with Crippen LogP contribution in [0.4, 0.5) is 34.1 Å². The number of fused-ring (bicyclic) bond motifs is 1. The molecule has 0 amide bonds. The second-order valence-corrected chi connectivity index (χ2v) is 9.36. The van der Waals surface area contributed by atoms with Crippen LogP contribution in [0.5, 0.6) is 0 Å². The molecule has 4 nitrogen and oxygen atoms in total. The Morgan fingerprint density at radius 3 is 1.37 bits per heavy atom. The van der Waals surface area contributed by atoms with Crippen LogP contribution in [0, 0.1) is 0 Å². The summed E-state index contributed by atoms with van der Waals surface area (Å²) in [5, 5.41) is 9.35. The van der Waals surface area contributed by atoms with Crippen LogP contribution >= 0.6 is 0 Å². The predicted octanol–water partition coefficient (Wildman–Crippen LogP) is 8.83. The van der Waals surface area contributed by atoms with E-state index >= 15 is 0 Å². The molecule has 0 fully saturated rings. The fourth-order valence-electron chi connectivity index (χ4n) is 4.74. The number of hydrogen-bond donors (Lipinski definition) is 4. The summed E-state index contributed by atoms with van der Waals surface area (Å²) in [7, 11) is 0. The van der Waals surface area contributed by atoms with Gasteiger partial charge in [-0.05, 0) is 106 Å². The molecular formula is C34H28N4. The van der Waals surface area contributed by atoms with Crippen molar-refractivity contribution in [1.82, 2.24) is 0 Å². The third-order valence-electron chi connectivity index (χ3n) is 6.70. The van der Waals surface area contributed by atoms with Crippen molar-refractivity contribution < 1.29 is 0 Å². The second-order valence-electron chi connectivity index (χ2n) is 9.36. The maximum atomic E-state index is 5.82. The quantitative estimate of drug-likeness (QED) is 0.175. The minimum atomic E-state index is 0.753. The van der Waals surface area contributed by atoms with E-state index in [-0.39, 0.29) is 0 Å². The smallest absolute Gasteiger partial charge is 0.0385 e. The Morgan fingerprint density at radius 2 is 0.842 bits per heavy atom. The minimum Gasteiger partial charge on any atom is -0.399 e. The first-order valence-electron chi connectivity index (χ1n) is 12.6. The number of nitrogen functional groups attached to an aromatic ring is 2. The Labute approximate surface area is 222 Å². The highest BCUT2D eigenvalue weighted by atomic mass is 14.9.